The van der Waals surface area contributed by atoms with E-state index in [1.165, 1.54) is 22.2 Å². The molecule has 2 unspecified atom stereocenters. The van der Waals surface area contributed by atoms with Crippen molar-refractivity contribution in [2.45, 2.75) is 37.4 Å². The minimum atomic E-state index is -0.798. The van der Waals surface area contributed by atoms with Crippen LogP contribution in [0.1, 0.15) is 23.8 Å². The van der Waals surface area contributed by atoms with E-state index in [2.05, 4.69) is 16.9 Å². The SMILES string of the molecule is CC1CCc2c(sc3nc(SCC(O)CO)[nH]c(=O)c23)C1. The molecule has 2 aromatic rings. The third kappa shape index (κ3) is 3.01. The summed E-state index contributed by atoms with van der Waals surface area (Å²) >= 11 is 2.87. The summed E-state index contributed by atoms with van der Waals surface area (Å²) in [6.45, 7) is 1.95. The van der Waals surface area contributed by atoms with Crippen LogP contribution in [0.5, 0.6) is 0 Å². The molecule has 3 N–H and O–H groups in total. The number of H-pyrrole nitrogens is 1. The summed E-state index contributed by atoms with van der Waals surface area (Å²) in [6.07, 6.45) is 2.31. The largest absolute Gasteiger partial charge is 0.394 e. The molecule has 0 spiro atoms. The summed E-state index contributed by atoms with van der Waals surface area (Å²) in [4.78, 5) is 21.7. The molecule has 2 atom stereocenters. The van der Waals surface area contributed by atoms with Crippen molar-refractivity contribution in [1.29, 1.82) is 0 Å². The molecule has 1 aliphatic rings. The van der Waals surface area contributed by atoms with E-state index >= 15 is 0 Å². The molecule has 0 fully saturated rings. The van der Waals surface area contributed by atoms with Crippen molar-refractivity contribution in [3.63, 3.8) is 0 Å². The van der Waals surface area contributed by atoms with Gasteiger partial charge in [0.25, 0.3) is 5.56 Å². The zero-order chi connectivity index (χ0) is 15.0. The number of hydrogen-bond acceptors (Lipinski definition) is 6. The molecular formula is C14H18N2O3S2. The highest BCUT2D eigenvalue weighted by atomic mass is 32.2. The lowest BCUT2D eigenvalue weighted by molar-refractivity contribution is 0.113. The van der Waals surface area contributed by atoms with Crippen LogP contribution in [0.3, 0.4) is 0 Å². The number of aromatic amines is 1. The van der Waals surface area contributed by atoms with Gasteiger partial charge in [0.1, 0.15) is 4.83 Å². The number of thioether (sulfide) groups is 1. The topological polar surface area (TPSA) is 86.2 Å². The third-order valence-electron chi connectivity index (χ3n) is 3.77. The molecule has 0 radical (unpaired) electrons. The molecule has 2 aromatic heterocycles. The number of aliphatic hydroxyl groups excluding tert-OH is 2. The third-order valence-corrected chi connectivity index (χ3v) is 5.93. The van der Waals surface area contributed by atoms with Crippen molar-refractivity contribution < 1.29 is 10.2 Å². The van der Waals surface area contributed by atoms with Crippen LogP contribution in [-0.2, 0) is 12.8 Å². The minimum absolute atomic E-state index is 0.0898. The Labute approximate surface area is 130 Å². The Kier molecular flexibility index (Phi) is 4.35. The van der Waals surface area contributed by atoms with Crippen molar-refractivity contribution in [3.8, 4) is 0 Å². The highest BCUT2D eigenvalue weighted by molar-refractivity contribution is 7.99. The van der Waals surface area contributed by atoms with E-state index in [0.29, 0.717) is 16.8 Å². The number of rotatable bonds is 4. The highest BCUT2D eigenvalue weighted by Crippen LogP contribution is 2.36. The van der Waals surface area contributed by atoms with E-state index in [-0.39, 0.29) is 12.2 Å². The number of thiophene rings is 1. The standard InChI is InChI=1S/C14H18N2O3S2/c1-7-2-3-9-10(4-7)21-13-11(9)12(19)15-14(16-13)20-6-8(18)5-17/h7-8,17-18H,2-6H2,1H3,(H,15,16,19). The lowest BCUT2D eigenvalue weighted by atomic mass is 9.89. The molecule has 0 saturated heterocycles. The van der Waals surface area contributed by atoms with Crippen LogP contribution in [0.25, 0.3) is 10.2 Å². The first-order valence-electron chi connectivity index (χ1n) is 7.04. The average Bonchev–Trinajstić information content (AvgIpc) is 2.82. The van der Waals surface area contributed by atoms with Crippen molar-refractivity contribution in [2.24, 2.45) is 5.92 Å². The second-order valence-corrected chi connectivity index (χ2v) is 7.64. The second kappa shape index (κ2) is 6.08. The van der Waals surface area contributed by atoms with Crippen LogP contribution in [0, 0.1) is 5.92 Å². The molecule has 0 bridgehead atoms. The van der Waals surface area contributed by atoms with Crippen molar-refractivity contribution in [1.82, 2.24) is 9.97 Å². The second-order valence-electron chi connectivity index (χ2n) is 5.55. The zero-order valence-electron chi connectivity index (χ0n) is 11.8. The first-order valence-corrected chi connectivity index (χ1v) is 8.85. The predicted octanol–water partition coefficient (Wildman–Crippen LogP) is 1.55. The first kappa shape index (κ1) is 15.0. The quantitative estimate of drug-likeness (QED) is 0.586. The number of aryl methyl sites for hydroxylation is 1. The van der Waals surface area contributed by atoms with Crippen LogP contribution in [0.4, 0.5) is 0 Å². The number of hydrogen-bond donors (Lipinski definition) is 3. The van der Waals surface area contributed by atoms with Crippen LogP contribution in [0.15, 0.2) is 9.95 Å². The van der Waals surface area contributed by atoms with Gasteiger partial charge >= 0.3 is 0 Å². The first-order chi connectivity index (χ1) is 10.1. The van der Waals surface area contributed by atoms with Gasteiger partial charge in [-0.1, -0.05) is 18.7 Å². The minimum Gasteiger partial charge on any atom is -0.394 e. The Bertz CT molecular complexity index is 710. The molecular weight excluding hydrogens is 308 g/mol. The molecule has 5 nitrogen and oxygen atoms in total. The monoisotopic (exact) mass is 326 g/mol. The summed E-state index contributed by atoms with van der Waals surface area (Å²) in [5.74, 6) is 0.978. The maximum atomic E-state index is 12.3. The fraction of sp³-hybridized carbons (Fsp3) is 0.571. The van der Waals surface area contributed by atoms with E-state index in [4.69, 9.17) is 5.11 Å². The van der Waals surface area contributed by atoms with Gasteiger partial charge in [-0.05, 0) is 30.7 Å². The van der Waals surface area contributed by atoms with Crippen LogP contribution >= 0.6 is 23.1 Å². The highest BCUT2D eigenvalue weighted by Gasteiger charge is 2.23. The molecule has 7 heteroatoms. The smallest absolute Gasteiger partial charge is 0.260 e. The molecule has 0 saturated carbocycles. The Morgan fingerprint density at radius 3 is 3.14 bits per heavy atom. The number of nitrogens with zero attached hydrogens (tertiary/aromatic N) is 1. The molecule has 0 aliphatic heterocycles. The fourth-order valence-corrected chi connectivity index (χ4v) is 4.84. The van der Waals surface area contributed by atoms with Gasteiger partial charge in [-0.25, -0.2) is 4.98 Å². The van der Waals surface area contributed by atoms with E-state index in [9.17, 15) is 9.90 Å². The van der Waals surface area contributed by atoms with Gasteiger partial charge in [0.05, 0.1) is 18.1 Å². The molecule has 2 heterocycles. The molecule has 0 aromatic carbocycles. The summed E-state index contributed by atoms with van der Waals surface area (Å²) < 4.78 is 0. The number of aromatic nitrogens is 2. The van der Waals surface area contributed by atoms with E-state index < -0.39 is 6.10 Å². The molecule has 21 heavy (non-hydrogen) atoms. The maximum Gasteiger partial charge on any atom is 0.260 e. The zero-order valence-corrected chi connectivity index (χ0v) is 13.4. The fourth-order valence-electron chi connectivity index (χ4n) is 2.63. The lowest BCUT2D eigenvalue weighted by Crippen LogP contribution is -2.16. The van der Waals surface area contributed by atoms with Crippen molar-refractivity contribution in [3.05, 3.63) is 20.8 Å². The Balaban J connectivity index is 1.95. The Hall–Kier alpha value is -0.890. The molecule has 1 aliphatic carbocycles. The summed E-state index contributed by atoms with van der Waals surface area (Å²) in [5.41, 5.74) is 1.09. The van der Waals surface area contributed by atoms with E-state index in [1.54, 1.807) is 11.3 Å². The van der Waals surface area contributed by atoms with Gasteiger partial charge in [0.15, 0.2) is 5.16 Å². The number of nitrogens with one attached hydrogen (secondary N) is 1. The summed E-state index contributed by atoms with van der Waals surface area (Å²) in [5, 5.41) is 19.4. The van der Waals surface area contributed by atoms with Crippen LogP contribution < -0.4 is 5.56 Å². The average molecular weight is 326 g/mol. The van der Waals surface area contributed by atoms with Crippen LogP contribution in [-0.4, -0.2) is 38.6 Å². The molecule has 3 rings (SSSR count). The van der Waals surface area contributed by atoms with Gasteiger partial charge in [-0.3, -0.25) is 4.79 Å². The van der Waals surface area contributed by atoms with Crippen LogP contribution in [0.2, 0.25) is 0 Å². The van der Waals surface area contributed by atoms with Gasteiger partial charge in [-0.15, -0.1) is 11.3 Å². The summed E-state index contributed by atoms with van der Waals surface area (Å²) in [7, 11) is 0. The Morgan fingerprint density at radius 2 is 2.38 bits per heavy atom. The predicted molar refractivity (Wildman–Crippen MR) is 85.2 cm³/mol. The number of aliphatic hydroxyl groups is 2. The Morgan fingerprint density at radius 1 is 1.57 bits per heavy atom. The van der Waals surface area contributed by atoms with Gasteiger partial charge < -0.3 is 15.2 Å². The molecule has 0 amide bonds. The number of fused-ring (bicyclic) bond motifs is 3. The van der Waals surface area contributed by atoms with E-state index in [1.807, 2.05) is 0 Å². The summed E-state index contributed by atoms with van der Waals surface area (Å²) in [6, 6.07) is 0. The van der Waals surface area contributed by atoms with Crippen molar-refractivity contribution >= 4 is 33.3 Å². The van der Waals surface area contributed by atoms with Crippen molar-refractivity contribution in [2.75, 3.05) is 12.4 Å². The van der Waals surface area contributed by atoms with Gasteiger partial charge in [0, 0.05) is 10.6 Å². The normalized spacial score (nSPS) is 19.7. The van der Waals surface area contributed by atoms with Gasteiger partial charge in [0.2, 0.25) is 0 Å². The molecule has 114 valence electrons. The maximum absolute atomic E-state index is 12.3. The lowest BCUT2D eigenvalue weighted by Gasteiger charge is -2.17. The van der Waals surface area contributed by atoms with E-state index in [0.717, 1.165) is 29.5 Å². The van der Waals surface area contributed by atoms with Gasteiger partial charge in [-0.2, -0.15) is 0 Å².